The molecule has 154 valence electrons. The van der Waals surface area contributed by atoms with Crippen LogP contribution >= 0.6 is 11.6 Å². The number of nitrogens with one attached hydrogen (secondary N) is 1. The summed E-state index contributed by atoms with van der Waals surface area (Å²) < 4.78 is 16.5. The van der Waals surface area contributed by atoms with Gasteiger partial charge in [0, 0.05) is 24.1 Å². The molecule has 1 N–H and O–H groups in total. The van der Waals surface area contributed by atoms with Crippen LogP contribution in [0.25, 0.3) is 0 Å². The van der Waals surface area contributed by atoms with Crippen molar-refractivity contribution in [1.29, 1.82) is 0 Å². The first-order valence-electron chi connectivity index (χ1n) is 9.07. The molecular formula is C20H22ClFN3O4+. The summed E-state index contributed by atoms with van der Waals surface area (Å²) in [6.45, 7) is 3.67. The van der Waals surface area contributed by atoms with Crippen molar-refractivity contribution in [3.05, 3.63) is 68.1 Å². The first-order chi connectivity index (χ1) is 13.7. The maximum Gasteiger partial charge on any atom is 0.501 e. The van der Waals surface area contributed by atoms with E-state index in [1.165, 1.54) is 42.1 Å². The first kappa shape index (κ1) is 22.6. The second-order valence-electron chi connectivity index (χ2n) is 6.73. The van der Waals surface area contributed by atoms with E-state index in [4.69, 9.17) is 11.6 Å². The molecule has 0 radical (unpaired) electrons. The summed E-state index contributed by atoms with van der Waals surface area (Å²) in [4.78, 5) is 34.0. The lowest BCUT2D eigenvalue weighted by Crippen LogP contribution is -2.33. The summed E-state index contributed by atoms with van der Waals surface area (Å²) in [7, 11) is 1.43. The number of aromatic nitrogens is 1. The maximum atomic E-state index is 15.3. The third kappa shape index (κ3) is 5.02. The summed E-state index contributed by atoms with van der Waals surface area (Å²) >= 11 is 6.13. The van der Waals surface area contributed by atoms with E-state index in [0.717, 1.165) is 6.29 Å². The minimum absolute atomic E-state index is 0.0481. The van der Waals surface area contributed by atoms with Gasteiger partial charge in [0.1, 0.15) is 24.1 Å². The summed E-state index contributed by atoms with van der Waals surface area (Å²) in [6, 6.07) is 4.83. The van der Waals surface area contributed by atoms with E-state index in [0.29, 0.717) is 6.42 Å². The van der Waals surface area contributed by atoms with E-state index >= 15 is 4.39 Å². The van der Waals surface area contributed by atoms with Gasteiger partial charge in [-0.25, -0.2) is 4.39 Å². The van der Waals surface area contributed by atoms with Crippen molar-refractivity contribution in [2.24, 2.45) is 7.05 Å². The van der Waals surface area contributed by atoms with Gasteiger partial charge in [-0.05, 0) is 25.5 Å². The zero-order chi connectivity index (χ0) is 21.7. The number of ketones is 1. The van der Waals surface area contributed by atoms with E-state index in [-0.39, 0.29) is 40.0 Å². The molecule has 0 amide bonds. The highest BCUT2D eigenvalue weighted by atomic mass is 35.5. The van der Waals surface area contributed by atoms with Crippen LogP contribution in [0.2, 0.25) is 5.02 Å². The molecule has 7 nitrogen and oxygen atoms in total. The molecule has 1 aromatic carbocycles. The first-order valence-corrected chi connectivity index (χ1v) is 9.45. The standard InChI is InChI=1S/C20H22ClFN3O4/c1-4-16(23-12(2)9-10-26)14-6-7-15(21)18(19(14)22)20(27)13-5-8-17(25(28)29)24(3)11-13/h5-8,10-12,16,23H,4,9H2,1-3H3/q+1/t12?,16-/m1/s1. The van der Waals surface area contributed by atoms with E-state index in [1.807, 2.05) is 13.8 Å². The number of rotatable bonds is 9. The number of pyridine rings is 1. The maximum absolute atomic E-state index is 15.3. The highest BCUT2D eigenvalue weighted by Crippen LogP contribution is 2.30. The number of aldehydes is 1. The lowest BCUT2D eigenvalue weighted by Gasteiger charge is -2.23. The molecule has 29 heavy (non-hydrogen) atoms. The average molecular weight is 423 g/mol. The van der Waals surface area contributed by atoms with Crippen molar-refractivity contribution < 1.29 is 23.5 Å². The van der Waals surface area contributed by atoms with Crippen LogP contribution in [0, 0.1) is 15.9 Å². The fraction of sp³-hybridized carbons (Fsp3) is 0.350. The number of aryl methyl sites for hydroxylation is 1. The van der Waals surface area contributed by atoms with E-state index < -0.39 is 22.6 Å². The van der Waals surface area contributed by atoms with Gasteiger partial charge in [0.25, 0.3) is 0 Å². The Bertz CT molecular complexity index is 952. The number of carbonyl (C=O) groups excluding carboxylic acids is 2. The molecule has 0 bridgehead atoms. The summed E-state index contributed by atoms with van der Waals surface area (Å²) in [5.74, 6) is -1.63. The number of nitrogens with zero attached hydrogens (tertiary/aromatic N) is 2. The van der Waals surface area contributed by atoms with E-state index in [1.54, 1.807) is 0 Å². The Labute approximate surface area is 172 Å². The van der Waals surface area contributed by atoms with Crippen molar-refractivity contribution in [2.45, 2.75) is 38.8 Å². The van der Waals surface area contributed by atoms with Crippen LogP contribution in [0.3, 0.4) is 0 Å². The molecule has 1 unspecified atom stereocenters. The molecule has 9 heteroatoms. The topological polar surface area (TPSA) is 93.2 Å². The number of benzene rings is 1. The van der Waals surface area contributed by atoms with Gasteiger partial charge in [-0.15, -0.1) is 4.57 Å². The number of halogens is 2. The zero-order valence-corrected chi connectivity index (χ0v) is 17.1. The Hall–Kier alpha value is -2.71. The molecule has 0 aliphatic rings. The molecule has 0 saturated carbocycles. The van der Waals surface area contributed by atoms with Crippen LogP contribution in [0.4, 0.5) is 10.2 Å². The minimum atomic E-state index is -0.749. The highest BCUT2D eigenvalue weighted by Gasteiger charge is 2.27. The van der Waals surface area contributed by atoms with Gasteiger partial charge in [-0.1, -0.05) is 24.6 Å². The number of hydrogen-bond acceptors (Lipinski definition) is 5. The Kier molecular flexibility index (Phi) is 7.53. The lowest BCUT2D eigenvalue weighted by atomic mass is 9.96. The molecule has 0 spiro atoms. The van der Waals surface area contributed by atoms with Crippen LogP contribution < -0.4 is 9.88 Å². The van der Waals surface area contributed by atoms with Gasteiger partial charge in [0.2, 0.25) is 5.78 Å². The second-order valence-corrected chi connectivity index (χ2v) is 7.14. The highest BCUT2D eigenvalue weighted by molar-refractivity contribution is 6.35. The number of carbonyl (C=O) groups is 2. The van der Waals surface area contributed by atoms with Crippen LogP contribution in [0.1, 0.15) is 54.2 Å². The summed E-state index contributed by atoms with van der Waals surface area (Å²) in [5, 5.41) is 14.1. The van der Waals surface area contributed by atoms with Crippen molar-refractivity contribution in [1.82, 2.24) is 5.32 Å². The smallest absolute Gasteiger partial charge is 0.307 e. The van der Waals surface area contributed by atoms with Crippen molar-refractivity contribution >= 4 is 29.5 Å². The number of nitro groups is 1. The molecule has 1 aromatic heterocycles. The largest absolute Gasteiger partial charge is 0.501 e. The molecule has 2 rings (SSSR count). The van der Waals surface area contributed by atoms with Gasteiger partial charge in [0.05, 0.1) is 22.2 Å². The molecule has 0 fully saturated rings. The Morgan fingerprint density at radius 3 is 2.62 bits per heavy atom. The Balaban J connectivity index is 2.46. The average Bonchev–Trinajstić information content (AvgIpc) is 2.66. The number of hydrogen-bond donors (Lipinski definition) is 1. The van der Waals surface area contributed by atoms with Gasteiger partial charge in [0.15, 0.2) is 6.20 Å². The van der Waals surface area contributed by atoms with Crippen molar-refractivity contribution in [2.75, 3.05) is 0 Å². The van der Waals surface area contributed by atoms with Gasteiger partial charge in [-0.3, -0.25) is 14.9 Å². The predicted molar refractivity (Wildman–Crippen MR) is 105 cm³/mol. The Morgan fingerprint density at radius 1 is 1.38 bits per heavy atom. The van der Waals surface area contributed by atoms with Crippen LogP contribution in [0.5, 0.6) is 0 Å². The quantitative estimate of drug-likeness (QED) is 0.219. The SMILES string of the molecule is CC[C@@H](NC(C)CC=O)c1ccc(Cl)c(C(=O)c2ccc([N+](=O)[O-])[n+](C)c2)c1F. The Morgan fingerprint density at radius 2 is 2.07 bits per heavy atom. The summed E-state index contributed by atoms with van der Waals surface area (Å²) in [6.07, 6.45) is 2.86. The monoisotopic (exact) mass is 422 g/mol. The molecule has 1 heterocycles. The third-order valence-electron chi connectivity index (χ3n) is 4.62. The lowest BCUT2D eigenvalue weighted by molar-refractivity contribution is -0.716. The van der Waals surface area contributed by atoms with Crippen LogP contribution in [0.15, 0.2) is 30.5 Å². The molecule has 0 aliphatic heterocycles. The predicted octanol–water partition coefficient (Wildman–Crippen LogP) is 3.46. The van der Waals surface area contributed by atoms with Crippen LogP contribution in [-0.2, 0) is 11.8 Å². The third-order valence-corrected chi connectivity index (χ3v) is 4.94. The fourth-order valence-corrected chi connectivity index (χ4v) is 3.33. The molecule has 2 aromatic rings. The molecule has 2 atom stereocenters. The van der Waals surface area contributed by atoms with Crippen LogP contribution in [-0.4, -0.2) is 23.0 Å². The second kappa shape index (κ2) is 9.67. The van der Waals surface area contributed by atoms with Gasteiger partial charge < -0.3 is 10.1 Å². The van der Waals surface area contributed by atoms with Crippen molar-refractivity contribution in [3.63, 3.8) is 0 Å². The van der Waals surface area contributed by atoms with Crippen molar-refractivity contribution in [3.8, 4) is 0 Å². The molecular weight excluding hydrogens is 401 g/mol. The normalized spacial score (nSPS) is 13.0. The molecule has 0 saturated heterocycles. The molecule has 0 aliphatic carbocycles. The summed E-state index contributed by atoms with van der Waals surface area (Å²) in [5.41, 5.74) is 0.0528. The van der Waals surface area contributed by atoms with E-state index in [9.17, 15) is 19.7 Å². The minimum Gasteiger partial charge on any atom is -0.307 e. The van der Waals surface area contributed by atoms with Gasteiger partial charge >= 0.3 is 5.82 Å². The fourth-order valence-electron chi connectivity index (χ4n) is 3.10. The zero-order valence-electron chi connectivity index (χ0n) is 16.3. The van der Waals surface area contributed by atoms with Gasteiger partial charge in [-0.2, -0.15) is 0 Å². The van der Waals surface area contributed by atoms with E-state index in [2.05, 4.69) is 5.32 Å².